The summed E-state index contributed by atoms with van der Waals surface area (Å²) in [5.74, 6) is 4.35. The van der Waals surface area contributed by atoms with E-state index >= 15 is 0 Å². The van der Waals surface area contributed by atoms with Gasteiger partial charge in [0.1, 0.15) is 12.4 Å². The fraction of sp³-hybridized carbons (Fsp3) is 0.125. The predicted molar refractivity (Wildman–Crippen MR) is 73.1 cm³/mol. The molecule has 0 heterocycles. The Balaban J connectivity index is 2.00. The summed E-state index contributed by atoms with van der Waals surface area (Å²) in [6.45, 7) is 0.516. The quantitative estimate of drug-likeness (QED) is 0.873. The maximum atomic E-state index is 13.4. The Kier molecular flexibility index (Phi) is 4.70. The van der Waals surface area contributed by atoms with Crippen LogP contribution in [0.1, 0.15) is 11.1 Å². The van der Waals surface area contributed by atoms with E-state index in [4.69, 9.17) is 10.5 Å². The van der Waals surface area contributed by atoms with E-state index in [0.29, 0.717) is 6.54 Å². The van der Waals surface area contributed by atoms with E-state index in [-0.39, 0.29) is 12.4 Å². The average molecular weight is 273 g/mol. The van der Waals surface area contributed by atoms with E-state index in [1.165, 1.54) is 6.07 Å². The first-order valence-electron chi connectivity index (χ1n) is 6.05. The Morgan fingerprint density at radius 2 is 1.80 bits per heavy atom. The molecule has 2 aromatic carbocycles. The fourth-order valence-corrected chi connectivity index (χ4v) is 1.59. The van der Waals surface area contributed by atoms with Crippen LogP contribution in [0.4, 0.5) is 8.78 Å². The molecule has 2 N–H and O–H groups in total. The normalized spacial score (nSPS) is 9.75. The summed E-state index contributed by atoms with van der Waals surface area (Å²) in [6.07, 6.45) is 0. The molecule has 4 heteroatoms. The molecule has 102 valence electrons. The molecule has 2 rings (SSSR count). The Morgan fingerprint density at radius 1 is 1.05 bits per heavy atom. The SMILES string of the molecule is NCC#Cc1ccc(COc2ccc(F)cc2F)cc1. The van der Waals surface area contributed by atoms with Gasteiger partial charge in [-0.3, -0.25) is 0 Å². The van der Waals surface area contributed by atoms with Crippen molar-refractivity contribution in [3.05, 3.63) is 65.2 Å². The van der Waals surface area contributed by atoms with Crippen LogP contribution in [-0.4, -0.2) is 6.54 Å². The van der Waals surface area contributed by atoms with Gasteiger partial charge in [-0.1, -0.05) is 24.0 Å². The molecule has 2 aromatic rings. The second kappa shape index (κ2) is 6.69. The third kappa shape index (κ3) is 3.81. The molecule has 0 aliphatic rings. The van der Waals surface area contributed by atoms with Crippen LogP contribution in [0.25, 0.3) is 0 Å². The third-order valence-electron chi connectivity index (χ3n) is 2.58. The Labute approximate surface area is 116 Å². The highest BCUT2D eigenvalue weighted by molar-refractivity contribution is 5.36. The molecule has 20 heavy (non-hydrogen) atoms. The molecule has 0 saturated carbocycles. The maximum absolute atomic E-state index is 13.4. The van der Waals surface area contributed by atoms with Crippen molar-refractivity contribution in [2.24, 2.45) is 5.73 Å². The van der Waals surface area contributed by atoms with Gasteiger partial charge < -0.3 is 10.5 Å². The Hall–Kier alpha value is -2.38. The average Bonchev–Trinajstić information content (AvgIpc) is 2.45. The number of hydrogen-bond donors (Lipinski definition) is 1. The summed E-state index contributed by atoms with van der Waals surface area (Å²) >= 11 is 0. The lowest BCUT2D eigenvalue weighted by molar-refractivity contribution is 0.289. The van der Waals surface area contributed by atoms with Crippen molar-refractivity contribution in [3.63, 3.8) is 0 Å². The Bertz CT molecular complexity index is 642. The fourth-order valence-electron chi connectivity index (χ4n) is 1.59. The number of hydrogen-bond acceptors (Lipinski definition) is 2. The van der Waals surface area contributed by atoms with Gasteiger partial charge in [0, 0.05) is 11.6 Å². The highest BCUT2D eigenvalue weighted by Gasteiger charge is 2.04. The molecule has 0 aliphatic heterocycles. The van der Waals surface area contributed by atoms with E-state index in [1.807, 2.05) is 24.3 Å². The minimum Gasteiger partial charge on any atom is -0.486 e. The van der Waals surface area contributed by atoms with Gasteiger partial charge >= 0.3 is 0 Å². The largest absolute Gasteiger partial charge is 0.486 e. The molecule has 0 fully saturated rings. The van der Waals surface area contributed by atoms with Crippen LogP contribution in [0, 0.1) is 23.5 Å². The third-order valence-corrected chi connectivity index (χ3v) is 2.58. The van der Waals surface area contributed by atoms with Crippen LogP contribution in [0.2, 0.25) is 0 Å². The van der Waals surface area contributed by atoms with Crippen LogP contribution in [-0.2, 0) is 6.61 Å². The number of ether oxygens (including phenoxy) is 1. The van der Waals surface area contributed by atoms with E-state index in [2.05, 4.69) is 11.8 Å². The molecule has 0 unspecified atom stereocenters. The number of rotatable bonds is 3. The molecule has 0 radical (unpaired) electrons. The zero-order valence-electron chi connectivity index (χ0n) is 10.7. The van der Waals surface area contributed by atoms with Gasteiger partial charge in [0.25, 0.3) is 0 Å². The minimum atomic E-state index is -0.713. The molecule has 0 saturated heterocycles. The second-order valence-corrected chi connectivity index (χ2v) is 4.07. The number of benzene rings is 2. The summed E-state index contributed by atoms with van der Waals surface area (Å²) in [4.78, 5) is 0. The molecule has 0 atom stereocenters. The standard InChI is InChI=1S/C16H13F2NO/c17-14-7-8-16(15(18)10-14)20-11-13-5-3-12(4-6-13)2-1-9-19/h3-8,10H,9,11,19H2. The van der Waals surface area contributed by atoms with E-state index in [9.17, 15) is 8.78 Å². The Morgan fingerprint density at radius 3 is 2.45 bits per heavy atom. The van der Waals surface area contributed by atoms with Crippen LogP contribution in [0.15, 0.2) is 42.5 Å². The van der Waals surface area contributed by atoms with E-state index in [0.717, 1.165) is 23.3 Å². The predicted octanol–water partition coefficient (Wildman–Crippen LogP) is 2.85. The molecule has 0 amide bonds. The lowest BCUT2D eigenvalue weighted by atomic mass is 10.1. The molecular weight excluding hydrogens is 260 g/mol. The van der Waals surface area contributed by atoms with Gasteiger partial charge in [-0.25, -0.2) is 8.78 Å². The van der Waals surface area contributed by atoms with Gasteiger partial charge in [-0.05, 0) is 29.8 Å². The van der Waals surface area contributed by atoms with Gasteiger partial charge in [-0.2, -0.15) is 0 Å². The van der Waals surface area contributed by atoms with Crippen LogP contribution in [0.3, 0.4) is 0 Å². The van der Waals surface area contributed by atoms with Crippen LogP contribution < -0.4 is 10.5 Å². The first kappa shape index (κ1) is 14.0. The highest BCUT2D eigenvalue weighted by Crippen LogP contribution is 2.19. The molecule has 0 aromatic heterocycles. The van der Waals surface area contributed by atoms with E-state index in [1.54, 1.807) is 0 Å². The van der Waals surface area contributed by atoms with Crippen molar-refractivity contribution in [3.8, 4) is 17.6 Å². The molecule has 0 aliphatic carbocycles. The van der Waals surface area contributed by atoms with Crippen molar-refractivity contribution in [2.45, 2.75) is 6.61 Å². The van der Waals surface area contributed by atoms with Crippen LogP contribution >= 0.6 is 0 Å². The van der Waals surface area contributed by atoms with Gasteiger partial charge in [0.15, 0.2) is 11.6 Å². The van der Waals surface area contributed by atoms with Crippen molar-refractivity contribution >= 4 is 0 Å². The monoisotopic (exact) mass is 273 g/mol. The second-order valence-electron chi connectivity index (χ2n) is 4.07. The van der Waals surface area contributed by atoms with Crippen molar-refractivity contribution in [2.75, 3.05) is 6.54 Å². The first-order chi connectivity index (χ1) is 9.69. The van der Waals surface area contributed by atoms with Crippen molar-refractivity contribution < 1.29 is 13.5 Å². The summed E-state index contributed by atoms with van der Waals surface area (Å²) in [7, 11) is 0. The summed E-state index contributed by atoms with van der Waals surface area (Å²) in [5, 5.41) is 0. The summed E-state index contributed by atoms with van der Waals surface area (Å²) < 4.78 is 31.4. The highest BCUT2D eigenvalue weighted by atomic mass is 19.1. The van der Waals surface area contributed by atoms with Crippen LogP contribution in [0.5, 0.6) is 5.75 Å². The lowest BCUT2D eigenvalue weighted by Crippen LogP contribution is -1.98. The lowest BCUT2D eigenvalue weighted by Gasteiger charge is -2.07. The van der Waals surface area contributed by atoms with Gasteiger partial charge in [0.05, 0.1) is 6.54 Å². The molecule has 0 spiro atoms. The maximum Gasteiger partial charge on any atom is 0.167 e. The first-order valence-corrected chi connectivity index (χ1v) is 6.05. The van der Waals surface area contributed by atoms with Gasteiger partial charge in [0.2, 0.25) is 0 Å². The van der Waals surface area contributed by atoms with E-state index < -0.39 is 11.6 Å². The number of halogens is 2. The zero-order chi connectivity index (χ0) is 14.4. The topological polar surface area (TPSA) is 35.2 Å². The zero-order valence-corrected chi connectivity index (χ0v) is 10.7. The summed E-state index contributed by atoms with van der Waals surface area (Å²) in [5.41, 5.74) is 7.01. The smallest absolute Gasteiger partial charge is 0.167 e. The van der Waals surface area contributed by atoms with Crippen molar-refractivity contribution in [1.82, 2.24) is 0 Å². The summed E-state index contributed by atoms with van der Waals surface area (Å²) in [6, 6.07) is 10.6. The molecular formula is C16H13F2NO. The molecule has 2 nitrogen and oxygen atoms in total. The van der Waals surface area contributed by atoms with Gasteiger partial charge in [-0.15, -0.1) is 0 Å². The van der Waals surface area contributed by atoms with Crippen molar-refractivity contribution in [1.29, 1.82) is 0 Å². The minimum absolute atomic E-state index is 0.0263. The molecule has 0 bridgehead atoms. The number of nitrogens with two attached hydrogens (primary N) is 1.